The van der Waals surface area contributed by atoms with Crippen LogP contribution in [-0.2, 0) is 32.2 Å². The summed E-state index contributed by atoms with van der Waals surface area (Å²) in [4.78, 5) is 47.7. The zero-order valence-corrected chi connectivity index (χ0v) is 23.4. The molecule has 1 N–H and O–H groups in total. The SMILES string of the molecule is C=CCN(Cc1ccccc1)C(=O)C1N(CCCO)C(=O)[C@@H]2[C@H](C(=O)N(CC=C)Cc3ccccc3)[C@@H]3CCC12O3. The number of benzene rings is 2. The van der Waals surface area contributed by atoms with E-state index in [0.29, 0.717) is 45.4 Å². The molecule has 3 amide bonds. The highest BCUT2D eigenvalue weighted by atomic mass is 16.5. The van der Waals surface area contributed by atoms with Crippen LogP contribution in [0.2, 0.25) is 0 Å². The quantitative estimate of drug-likeness (QED) is 0.382. The summed E-state index contributed by atoms with van der Waals surface area (Å²) in [6.45, 7) is 9.21. The van der Waals surface area contributed by atoms with Gasteiger partial charge in [0.25, 0.3) is 0 Å². The second-order valence-corrected chi connectivity index (χ2v) is 11.2. The van der Waals surface area contributed by atoms with Gasteiger partial charge in [-0.3, -0.25) is 14.4 Å². The van der Waals surface area contributed by atoms with Gasteiger partial charge in [0.2, 0.25) is 17.7 Å². The molecular weight excluding hydrogens is 518 g/mol. The van der Waals surface area contributed by atoms with Crippen molar-refractivity contribution in [1.29, 1.82) is 0 Å². The van der Waals surface area contributed by atoms with Crippen LogP contribution in [0.4, 0.5) is 0 Å². The molecule has 3 fully saturated rings. The summed E-state index contributed by atoms with van der Waals surface area (Å²) in [6.07, 6.45) is 4.40. The maximum atomic E-state index is 14.4. The standard InChI is InChI=1S/C33H39N3O5/c1-3-18-34(22-24-12-7-5-8-13-24)30(38)27-26-16-17-33(41-26)28(27)31(39)36(20-11-21-37)29(33)32(40)35(19-4-2)23-25-14-9-6-10-15-25/h3-10,12-15,26-29,37H,1-2,11,16-23H2/t26-,27+,28-,29?,33?/m0/s1. The lowest BCUT2D eigenvalue weighted by molar-refractivity contribution is -0.149. The number of carbonyl (C=O) groups is 3. The summed E-state index contributed by atoms with van der Waals surface area (Å²) in [5.41, 5.74) is 0.864. The van der Waals surface area contributed by atoms with Crippen molar-refractivity contribution in [3.63, 3.8) is 0 Å². The molecule has 3 saturated heterocycles. The van der Waals surface area contributed by atoms with Crippen LogP contribution in [-0.4, -0.2) is 81.5 Å². The Balaban J connectivity index is 1.48. The number of nitrogens with zero attached hydrogens (tertiary/aromatic N) is 3. The van der Waals surface area contributed by atoms with Gasteiger partial charge in [-0.25, -0.2) is 0 Å². The van der Waals surface area contributed by atoms with Crippen LogP contribution in [0.5, 0.6) is 0 Å². The van der Waals surface area contributed by atoms with Crippen LogP contribution in [0, 0.1) is 11.8 Å². The van der Waals surface area contributed by atoms with Gasteiger partial charge in [0.1, 0.15) is 11.6 Å². The highest BCUT2D eigenvalue weighted by molar-refractivity contribution is 5.99. The molecule has 0 aromatic heterocycles. The van der Waals surface area contributed by atoms with Crippen molar-refractivity contribution >= 4 is 17.7 Å². The molecular formula is C33H39N3O5. The number of rotatable bonds is 13. The molecule has 3 aliphatic heterocycles. The van der Waals surface area contributed by atoms with Gasteiger partial charge < -0.3 is 24.5 Å². The van der Waals surface area contributed by atoms with E-state index in [1.54, 1.807) is 26.9 Å². The van der Waals surface area contributed by atoms with Gasteiger partial charge in [-0.2, -0.15) is 0 Å². The van der Waals surface area contributed by atoms with Crippen LogP contribution in [0.25, 0.3) is 0 Å². The van der Waals surface area contributed by atoms with Crippen molar-refractivity contribution in [3.05, 3.63) is 97.1 Å². The average molecular weight is 558 g/mol. The minimum absolute atomic E-state index is 0.112. The summed E-state index contributed by atoms with van der Waals surface area (Å²) in [6, 6.07) is 18.6. The minimum atomic E-state index is -1.09. The summed E-state index contributed by atoms with van der Waals surface area (Å²) < 4.78 is 6.62. The Kier molecular flexibility index (Phi) is 8.71. The van der Waals surface area contributed by atoms with Gasteiger partial charge in [0, 0.05) is 39.3 Å². The second-order valence-electron chi connectivity index (χ2n) is 11.2. The summed E-state index contributed by atoms with van der Waals surface area (Å²) >= 11 is 0. The molecule has 0 aliphatic carbocycles. The van der Waals surface area contributed by atoms with Gasteiger partial charge in [-0.15, -0.1) is 13.2 Å². The van der Waals surface area contributed by atoms with E-state index in [0.717, 1.165) is 11.1 Å². The van der Waals surface area contributed by atoms with Gasteiger partial charge >= 0.3 is 0 Å². The van der Waals surface area contributed by atoms with E-state index in [9.17, 15) is 19.5 Å². The number of aliphatic hydroxyl groups excluding tert-OH is 1. The summed E-state index contributed by atoms with van der Waals surface area (Å²) in [5, 5.41) is 9.62. The number of hydrogen-bond donors (Lipinski definition) is 1. The van der Waals surface area contributed by atoms with E-state index in [4.69, 9.17) is 4.74 Å². The van der Waals surface area contributed by atoms with Crippen molar-refractivity contribution < 1.29 is 24.2 Å². The predicted octanol–water partition coefficient (Wildman–Crippen LogP) is 3.17. The fraction of sp³-hybridized carbons (Fsp3) is 0.424. The monoisotopic (exact) mass is 557 g/mol. The second kappa shape index (κ2) is 12.4. The normalized spacial score (nSPS) is 26.1. The number of aliphatic hydroxyl groups is 1. The fourth-order valence-electron chi connectivity index (χ4n) is 6.96. The predicted molar refractivity (Wildman–Crippen MR) is 155 cm³/mol. The van der Waals surface area contributed by atoms with E-state index in [1.807, 2.05) is 60.7 Å². The zero-order chi connectivity index (χ0) is 29.0. The lowest BCUT2D eigenvalue weighted by Crippen LogP contribution is -2.56. The Morgan fingerprint density at radius 1 is 0.951 bits per heavy atom. The van der Waals surface area contributed by atoms with E-state index < -0.39 is 29.6 Å². The third-order valence-electron chi connectivity index (χ3n) is 8.63. The Morgan fingerprint density at radius 3 is 2.05 bits per heavy atom. The molecule has 2 aromatic rings. The number of fused-ring (bicyclic) bond motifs is 1. The highest BCUT2D eigenvalue weighted by Crippen LogP contribution is 2.59. The zero-order valence-electron chi connectivity index (χ0n) is 23.4. The molecule has 2 unspecified atom stereocenters. The van der Waals surface area contributed by atoms with Crippen molar-refractivity contribution in [3.8, 4) is 0 Å². The number of hydrogen-bond acceptors (Lipinski definition) is 5. The number of amides is 3. The molecule has 3 heterocycles. The van der Waals surface area contributed by atoms with Crippen molar-refractivity contribution in [2.45, 2.75) is 50.1 Å². The van der Waals surface area contributed by atoms with Crippen molar-refractivity contribution in [2.75, 3.05) is 26.2 Å². The fourth-order valence-corrected chi connectivity index (χ4v) is 6.96. The maximum absolute atomic E-state index is 14.4. The number of ether oxygens (including phenoxy) is 1. The molecule has 1 spiro atoms. The first-order valence-corrected chi connectivity index (χ1v) is 14.4. The lowest BCUT2D eigenvalue weighted by atomic mass is 9.70. The molecule has 2 aromatic carbocycles. The van der Waals surface area contributed by atoms with Crippen LogP contribution in [0.3, 0.4) is 0 Å². The minimum Gasteiger partial charge on any atom is -0.396 e. The van der Waals surface area contributed by atoms with E-state index in [2.05, 4.69) is 13.2 Å². The van der Waals surface area contributed by atoms with Crippen molar-refractivity contribution in [2.24, 2.45) is 11.8 Å². The molecule has 8 nitrogen and oxygen atoms in total. The molecule has 3 aliphatic rings. The molecule has 0 saturated carbocycles. The van der Waals surface area contributed by atoms with Crippen LogP contribution in [0.1, 0.15) is 30.4 Å². The van der Waals surface area contributed by atoms with Gasteiger partial charge in [0.15, 0.2) is 0 Å². The molecule has 5 rings (SSSR count). The third-order valence-corrected chi connectivity index (χ3v) is 8.63. The Hall–Kier alpha value is -3.75. The van der Waals surface area contributed by atoms with Gasteiger partial charge in [-0.1, -0.05) is 72.8 Å². The Morgan fingerprint density at radius 2 is 1.51 bits per heavy atom. The molecule has 5 atom stereocenters. The van der Waals surface area contributed by atoms with Crippen LogP contribution < -0.4 is 0 Å². The third kappa shape index (κ3) is 5.34. The first kappa shape index (κ1) is 28.8. The molecule has 8 heteroatoms. The van der Waals surface area contributed by atoms with E-state index >= 15 is 0 Å². The number of likely N-dealkylation sites (tertiary alicyclic amines) is 1. The molecule has 2 bridgehead atoms. The van der Waals surface area contributed by atoms with Gasteiger partial charge in [0.05, 0.1) is 17.9 Å². The number of carbonyl (C=O) groups excluding carboxylic acids is 3. The van der Waals surface area contributed by atoms with Crippen molar-refractivity contribution in [1.82, 2.24) is 14.7 Å². The summed E-state index contributed by atoms with van der Waals surface area (Å²) in [5.74, 6) is -2.05. The topological polar surface area (TPSA) is 90.4 Å². The van der Waals surface area contributed by atoms with Gasteiger partial charge in [-0.05, 0) is 30.4 Å². The summed E-state index contributed by atoms with van der Waals surface area (Å²) in [7, 11) is 0. The Labute approximate surface area is 241 Å². The lowest BCUT2D eigenvalue weighted by Gasteiger charge is -2.37. The smallest absolute Gasteiger partial charge is 0.248 e. The molecule has 0 radical (unpaired) electrons. The first-order valence-electron chi connectivity index (χ1n) is 14.4. The molecule has 41 heavy (non-hydrogen) atoms. The highest BCUT2D eigenvalue weighted by Gasteiger charge is 2.74. The van der Waals surface area contributed by atoms with Crippen LogP contribution in [0.15, 0.2) is 86.0 Å². The Bertz CT molecular complexity index is 1270. The average Bonchev–Trinajstić information content (AvgIpc) is 3.63. The largest absolute Gasteiger partial charge is 0.396 e. The first-order chi connectivity index (χ1) is 19.9. The molecule has 216 valence electrons. The van der Waals surface area contributed by atoms with E-state index in [-0.39, 0.29) is 30.9 Å². The maximum Gasteiger partial charge on any atom is 0.248 e. The van der Waals surface area contributed by atoms with E-state index in [1.165, 1.54) is 0 Å². The van der Waals surface area contributed by atoms with Crippen LogP contribution >= 0.6 is 0 Å².